The molecular formula is C14H21N3. The third-order valence-electron chi connectivity index (χ3n) is 3.12. The van der Waals surface area contributed by atoms with Gasteiger partial charge in [-0.2, -0.15) is 0 Å². The Bertz CT molecular complexity index is 523. The largest absolute Gasteiger partial charge is 0.247 e. The van der Waals surface area contributed by atoms with Crippen molar-refractivity contribution in [3.63, 3.8) is 0 Å². The number of benzene rings is 1. The van der Waals surface area contributed by atoms with Gasteiger partial charge in [-0.3, -0.25) is 0 Å². The summed E-state index contributed by atoms with van der Waals surface area (Å²) >= 11 is 0. The lowest BCUT2D eigenvalue weighted by Gasteiger charge is -2.11. The molecular weight excluding hydrogens is 210 g/mol. The van der Waals surface area contributed by atoms with E-state index in [0.717, 1.165) is 11.9 Å². The second-order valence-electron chi connectivity index (χ2n) is 5.48. The van der Waals surface area contributed by atoms with Crippen molar-refractivity contribution in [3.05, 3.63) is 23.3 Å². The van der Waals surface area contributed by atoms with Crippen molar-refractivity contribution in [3.8, 4) is 0 Å². The fourth-order valence-corrected chi connectivity index (χ4v) is 2.33. The molecule has 0 aliphatic carbocycles. The molecule has 0 atom stereocenters. The van der Waals surface area contributed by atoms with Gasteiger partial charge in [-0.15, -0.1) is 5.10 Å². The average molecular weight is 231 g/mol. The van der Waals surface area contributed by atoms with Gasteiger partial charge in [0.05, 0.1) is 5.52 Å². The van der Waals surface area contributed by atoms with E-state index < -0.39 is 0 Å². The first-order chi connectivity index (χ1) is 8.00. The zero-order chi connectivity index (χ0) is 12.6. The Morgan fingerprint density at radius 2 is 1.88 bits per heavy atom. The fourth-order valence-electron chi connectivity index (χ4n) is 2.33. The zero-order valence-electron chi connectivity index (χ0n) is 11.4. The summed E-state index contributed by atoms with van der Waals surface area (Å²) in [5.74, 6) is 1.14. The first-order valence-corrected chi connectivity index (χ1v) is 6.31. The van der Waals surface area contributed by atoms with Crippen LogP contribution in [0.4, 0.5) is 0 Å². The topological polar surface area (TPSA) is 30.7 Å². The van der Waals surface area contributed by atoms with Gasteiger partial charge in [0.2, 0.25) is 0 Å². The van der Waals surface area contributed by atoms with Crippen molar-refractivity contribution in [1.29, 1.82) is 0 Å². The Balaban J connectivity index is 2.64. The van der Waals surface area contributed by atoms with Crippen LogP contribution in [0.1, 0.15) is 44.7 Å². The summed E-state index contributed by atoms with van der Waals surface area (Å²) in [7, 11) is 1.98. The van der Waals surface area contributed by atoms with Crippen LogP contribution in [0.5, 0.6) is 0 Å². The second-order valence-corrected chi connectivity index (χ2v) is 5.48. The van der Waals surface area contributed by atoms with Gasteiger partial charge < -0.3 is 0 Å². The maximum Gasteiger partial charge on any atom is 0.116 e. The van der Waals surface area contributed by atoms with Crippen LogP contribution in [-0.4, -0.2) is 15.0 Å². The van der Waals surface area contributed by atoms with Crippen LogP contribution in [0.2, 0.25) is 0 Å². The number of hydrogen-bond donors (Lipinski definition) is 0. The molecule has 0 aliphatic heterocycles. The minimum atomic E-state index is 0.488. The average Bonchev–Trinajstić information content (AvgIpc) is 2.60. The molecule has 17 heavy (non-hydrogen) atoms. The number of hydrogen-bond acceptors (Lipinski definition) is 2. The number of fused-ring (bicyclic) bond motifs is 1. The summed E-state index contributed by atoms with van der Waals surface area (Å²) in [4.78, 5) is 0. The normalized spacial score (nSPS) is 11.9. The summed E-state index contributed by atoms with van der Waals surface area (Å²) in [5.41, 5.74) is 4.91. The molecule has 3 heteroatoms. The molecule has 0 unspecified atom stereocenters. The minimum Gasteiger partial charge on any atom is -0.247 e. The van der Waals surface area contributed by atoms with E-state index in [2.05, 4.69) is 50.1 Å². The fraction of sp³-hybridized carbons (Fsp3) is 0.571. The predicted octanol–water partition coefficient (Wildman–Crippen LogP) is 3.29. The van der Waals surface area contributed by atoms with Gasteiger partial charge in [0.25, 0.3) is 0 Å². The van der Waals surface area contributed by atoms with Crippen molar-refractivity contribution in [2.24, 2.45) is 13.0 Å². The van der Waals surface area contributed by atoms with Gasteiger partial charge in [-0.1, -0.05) is 45.0 Å². The van der Waals surface area contributed by atoms with Crippen LogP contribution in [0.25, 0.3) is 11.0 Å². The van der Waals surface area contributed by atoms with Gasteiger partial charge in [0.15, 0.2) is 0 Å². The highest BCUT2D eigenvalue weighted by Crippen LogP contribution is 2.27. The smallest absolute Gasteiger partial charge is 0.116 e. The summed E-state index contributed by atoms with van der Waals surface area (Å²) in [6.07, 6.45) is 1.08. The summed E-state index contributed by atoms with van der Waals surface area (Å²) < 4.78 is 1.90. The molecule has 0 saturated heterocycles. The molecule has 3 nitrogen and oxygen atoms in total. The van der Waals surface area contributed by atoms with Gasteiger partial charge in [0, 0.05) is 7.05 Å². The summed E-state index contributed by atoms with van der Waals surface area (Å²) in [6, 6.07) is 4.44. The highest BCUT2D eigenvalue weighted by atomic mass is 15.4. The number of nitrogens with zero attached hydrogens (tertiary/aromatic N) is 3. The SMILES string of the molecule is CC(C)Cc1ccc(C(C)C)c2nnn(C)c12. The van der Waals surface area contributed by atoms with Gasteiger partial charge in [-0.25, -0.2) is 4.68 Å². The van der Waals surface area contributed by atoms with E-state index >= 15 is 0 Å². The molecule has 2 rings (SSSR count). The Hall–Kier alpha value is -1.38. The Kier molecular flexibility index (Phi) is 3.18. The Morgan fingerprint density at radius 1 is 1.18 bits per heavy atom. The van der Waals surface area contributed by atoms with E-state index in [9.17, 15) is 0 Å². The van der Waals surface area contributed by atoms with Crippen molar-refractivity contribution < 1.29 is 0 Å². The van der Waals surface area contributed by atoms with Crippen molar-refractivity contribution in [2.75, 3.05) is 0 Å². The van der Waals surface area contributed by atoms with E-state index in [1.165, 1.54) is 16.6 Å². The number of aryl methyl sites for hydroxylation is 1. The standard InChI is InChI=1S/C14H21N3/c1-9(2)8-11-6-7-12(10(3)4)13-14(11)17(5)16-15-13/h6-7,9-10H,8H2,1-5H3. The molecule has 0 aliphatic rings. The molecule has 0 bridgehead atoms. The van der Waals surface area contributed by atoms with E-state index in [0.29, 0.717) is 11.8 Å². The number of aromatic nitrogens is 3. The lowest BCUT2D eigenvalue weighted by molar-refractivity contribution is 0.645. The molecule has 0 N–H and O–H groups in total. The maximum atomic E-state index is 4.32. The number of rotatable bonds is 3. The molecule has 1 aromatic carbocycles. The molecule has 1 heterocycles. The first kappa shape index (κ1) is 12.1. The van der Waals surface area contributed by atoms with E-state index in [-0.39, 0.29) is 0 Å². The summed E-state index contributed by atoms with van der Waals surface area (Å²) in [6.45, 7) is 8.88. The van der Waals surface area contributed by atoms with Crippen molar-refractivity contribution in [1.82, 2.24) is 15.0 Å². The molecule has 0 fully saturated rings. The zero-order valence-corrected chi connectivity index (χ0v) is 11.4. The van der Waals surface area contributed by atoms with E-state index in [1.54, 1.807) is 0 Å². The Morgan fingerprint density at radius 3 is 2.47 bits per heavy atom. The van der Waals surface area contributed by atoms with Crippen LogP contribution < -0.4 is 0 Å². The Labute approximate surface area is 103 Å². The third kappa shape index (κ3) is 2.19. The minimum absolute atomic E-state index is 0.488. The maximum absolute atomic E-state index is 4.32. The van der Waals surface area contributed by atoms with Crippen LogP contribution in [0, 0.1) is 5.92 Å². The lowest BCUT2D eigenvalue weighted by atomic mass is 9.95. The van der Waals surface area contributed by atoms with E-state index in [1.807, 2.05) is 11.7 Å². The monoisotopic (exact) mass is 231 g/mol. The highest BCUT2D eigenvalue weighted by molar-refractivity contribution is 5.82. The molecule has 1 aromatic heterocycles. The highest BCUT2D eigenvalue weighted by Gasteiger charge is 2.14. The van der Waals surface area contributed by atoms with Crippen molar-refractivity contribution >= 4 is 11.0 Å². The molecule has 92 valence electrons. The molecule has 0 amide bonds. The van der Waals surface area contributed by atoms with Crippen LogP contribution in [0.3, 0.4) is 0 Å². The molecule has 0 saturated carbocycles. The second kappa shape index (κ2) is 4.47. The molecule has 2 aromatic rings. The van der Waals surface area contributed by atoms with Crippen molar-refractivity contribution in [2.45, 2.75) is 40.0 Å². The first-order valence-electron chi connectivity index (χ1n) is 6.31. The lowest BCUT2D eigenvalue weighted by Crippen LogP contribution is -2.00. The van der Waals surface area contributed by atoms with Crippen LogP contribution >= 0.6 is 0 Å². The molecule has 0 spiro atoms. The van der Waals surface area contributed by atoms with Gasteiger partial charge >= 0.3 is 0 Å². The van der Waals surface area contributed by atoms with Gasteiger partial charge in [-0.05, 0) is 29.4 Å². The van der Waals surface area contributed by atoms with E-state index in [4.69, 9.17) is 0 Å². The predicted molar refractivity (Wildman–Crippen MR) is 71.1 cm³/mol. The third-order valence-corrected chi connectivity index (χ3v) is 3.12. The quantitative estimate of drug-likeness (QED) is 0.811. The molecule has 0 radical (unpaired) electrons. The van der Waals surface area contributed by atoms with Crippen LogP contribution in [-0.2, 0) is 13.5 Å². The van der Waals surface area contributed by atoms with Crippen LogP contribution in [0.15, 0.2) is 12.1 Å². The van der Waals surface area contributed by atoms with Gasteiger partial charge in [0.1, 0.15) is 5.52 Å². The summed E-state index contributed by atoms with van der Waals surface area (Å²) in [5, 5.41) is 8.49.